The molecular weight excluding hydrogens is 502 g/mol. The Labute approximate surface area is 211 Å². The van der Waals surface area contributed by atoms with Gasteiger partial charge < -0.3 is 9.64 Å². The first-order valence-electron chi connectivity index (χ1n) is 12.1. The highest BCUT2D eigenvalue weighted by Crippen LogP contribution is 2.32. The van der Waals surface area contributed by atoms with Crippen molar-refractivity contribution in [3.63, 3.8) is 0 Å². The fourth-order valence-electron chi connectivity index (χ4n) is 4.56. The van der Waals surface area contributed by atoms with Crippen molar-refractivity contribution in [2.24, 2.45) is 0 Å². The van der Waals surface area contributed by atoms with Gasteiger partial charge in [-0.3, -0.25) is 9.82 Å². The first kappa shape index (κ1) is 23.7. The lowest BCUT2D eigenvalue weighted by atomic mass is 10.1. The first-order valence-corrected chi connectivity index (χ1v) is 13.5. The van der Waals surface area contributed by atoms with Gasteiger partial charge in [0, 0.05) is 30.4 Å². The third kappa shape index (κ3) is 4.98. The minimum atomic E-state index is -4.33. The van der Waals surface area contributed by atoms with E-state index in [4.69, 9.17) is 4.74 Å². The number of nitrogens with zero attached hydrogens (tertiary/aromatic N) is 4. The van der Waals surface area contributed by atoms with Crippen LogP contribution in [0.2, 0.25) is 0 Å². The van der Waals surface area contributed by atoms with E-state index in [1.807, 2.05) is 0 Å². The van der Waals surface area contributed by atoms with Gasteiger partial charge in [-0.25, -0.2) is 22.2 Å². The van der Waals surface area contributed by atoms with Crippen molar-refractivity contribution in [1.29, 1.82) is 0 Å². The summed E-state index contributed by atoms with van der Waals surface area (Å²) in [7, 11) is -4.33. The highest BCUT2D eigenvalue weighted by Gasteiger charge is 2.32. The maximum atomic E-state index is 14.0. The van der Waals surface area contributed by atoms with E-state index in [0.29, 0.717) is 34.4 Å². The molecule has 2 aromatic carbocycles. The average Bonchev–Trinajstić information content (AvgIpc) is 3.63. The zero-order chi connectivity index (χ0) is 25.6. The van der Waals surface area contributed by atoms with Crippen LogP contribution >= 0.6 is 0 Å². The Morgan fingerprint density at radius 1 is 1.00 bits per heavy atom. The van der Waals surface area contributed by atoms with E-state index >= 15 is 0 Å². The molecule has 0 amide bonds. The van der Waals surface area contributed by atoms with E-state index in [-0.39, 0.29) is 11.8 Å². The number of nitrogens with one attached hydrogen (secondary N) is 2. The molecular formula is C25H24F2N6O3S. The van der Waals surface area contributed by atoms with Gasteiger partial charge in [0.15, 0.2) is 11.5 Å². The van der Waals surface area contributed by atoms with E-state index in [2.05, 4.69) is 29.8 Å². The quantitative estimate of drug-likeness (QED) is 0.373. The van der Waals surface area contributed by atoms with Crippen molar-refractivity contribution in [3.8, 4) is 17.3 Å². The van der Waals surface area contributed by atoms with Crippen LogP contribution in [0.3, 0.4) is 0 Å². The van der Waals surface area contributed by atoms with Gasteiger partial charge in [-0.15, -0.1) is 0 Å². The van der Waals surface area contributed by atoms with Gasteiger partial charge in [0.05, 0.1) is 6.20 Å². The van der Waals surface area contributed by atoms with Crippen molar-refractivity contribution in [2.75, 3.05) is 17.8 Å². The number of halogens is 2. The third-order valence-electron chi connectivity index (χ3n) is 6.67. The Morgan fingerprint density at radius 3 is 2.49 bits per heavy atom. The Kier molecular flexibility index (Phi) is 6.00. The summed E-state index contributed by atoms with van der Waals surface area (Å²) in [6.45, 7) is 2.03. The van der Waals surface area contributed by atoms with Crippen molar-refractivity contribution in [3.05, 3.63) is 60.3 Å². The molecule has 0 atom stereocenters. The van der Waals surface area contributed by atoms with Crippen LogP contribution in [0.25, 0.3) is 22.4 Å². The predicted octanol–water partition coefficient (Wildman–Crippen LogP) is 4.10. The van der Waals surface area contributed by atoms with E-state index in [0.717, 1.165) is 44.1 Å². The van der Waals surface area contributed by atoms with Gasteiger partial charge in [0.1, 0.15) is 28.0 Å². The van der Waals surface area contributed by atoms with Crippen molar-refractivity contribution in [2.45, 2.75) is 42.7 Å². The number of sulfonamides is 1. The molecule has 0 radical (unpaired) electrons. The zero-order valence-electron chi connectivity index (χ0n) is 19.7. The lowest BCUT2D eigenvalue weighted by Crippen LogP contribution is -2.39. The Morgan fingerprint density at radius 2 is 1.76 bits per heavy atom. The number of fused-ring (bicyclic) bond motifs is 1. The number of ether oxygens (including phenoxy) is 1. The van der Waals surface area contributed by atoms with E-state index in [9.17, 15) is 17.2 Å². The molecule has 1 aliphatic heterocycles. The molecule has 0 bridgehead atoms. The molecule has 3 heterocycles. The fraction of sp³-hybridized carbons (Fsp3) is 0.320. The third-order valence-corrected chi connectivity index (χ3v) is 8.07. The maximum Gasteiger partial charge on any atom is 0.264 e. The fourth-order valence-corrected chi connectivity index (χ4v) is 5.71. The van der Waals surface area contributed by atoms with Gasteiger partial charge in [-0.2, -0.15) is 10.1 Å². The molecule has 0 spiro atoms. The van der Waals surface area contributed by atoms with Crippen LogP contribution in [-0.2, 0) is 10.0 Å². The predicted molar refractivity (Wildman–Crippen MR) is 133 cm³/mol. The van der Waals surface area contributed by atoms with Crippen molar-refractivity contribution in [1.82, 2.24) is 25.1 Å². The number of anilines is 1. The summed E-state index contributed by atoms with van der Waals surface area (Å²) >= 11 is 0. The molecule has 2 aliphatic rings. The van der Waals surface area contributed by atoms with E-state index in [1.54, 1.807) is 18.3 Å². The molecule has 192 valence electrons. The second kappa shape index (κ2) is 9.34. The van der Waals surface area contributed by atoms with E-state index in [1.165, 1.54) is 25.0 Å². The monoisotopic (exact) mass is 526 g/mol. The normalized spacial score (nSPS) is 17.2. The standard InChI is InChI=1S/C25H24F2N6O3S/c26-16-3-8-21(27)22(13-16)37(34,35)32-17-4-1-15(2-5-17)23-29-24-20(14-28-31-24)25(30-23)36-19-9-11-33(12-10-19)18-6-7-18/h1-5,8,13-14,18-19,32H,6-7,9-12H2,(H,28,29,30,31). The molecule has 12 heteroatoms. The second-order valence-corrected chi connectivity index (χ2v) is 11.0. The van der Waals surface area contributed by atoms with Gasteiger partial charge in [-0.1, -0.05) is 0 Å². The lowest BCUT2D eigenvalue weighted by Gasteiger charge is -2.31. The summed E-state index contributed by atoms with van der Waals surface area (Å²) in [4.78, 5) is 10.9. The number of aromatic amines is 1. The number of aromatic nitrogens is 4. The highest BCUT2D eigenvalue weighted by atomic mass is 32.2. The molecule has 2 aromatic heterocycles. The minimum Gasteiger partial charge on any atom is -0.474 e. The molecule has 9 nitrogen and oxygen atoms in total. The number of benzene rings is 2. The molecule has 37 heavy (non-hydrogen) atoms. The van der Waals surface area contributed by atoms with Crippen LogP contribution in [-0.4, -0.2) is 58.7 Å². The van der Waals surface area contributed by atoms with Crippen LogP contribution in [0, 0.1) is 11.6 Å². The highest BCUT2D eigenvalue weighted by molar-refractivity contribution is 7.92. The largest absolute Gasteiger partial charge is 0.474 e. The number of hydrogen-bond acceptors (Lipinski definition) is 7. The average molecular weight is 527 g/mol. The molecule has 0 unspecified atom stereocenters. The summed E-state index contributed by atoms with van der Waals surface area (Å²) in [5, 5.41) is 7.63. The molecule has 2 fully saturated rings. The van der Waals surface area contributed by atoms with Gasteiger partial charge in [-0.05, 0) is 68.1 Å². The number of hydrogen-bond donors (Lipinski definition) is 2. The summed E-state index contributed by atoms with van der Waals surface area (Å²) in [5.74, 6) is -1.06. The van der Waals surface area contributed by atoms with Crippen LogP contribution in [0.5, 0.6) is 5.88 Å². The molecule has 4 aromatic rings. The molecule has 6 rings (SSSR count). The molecule has 1 saturated heterocycles. The van der Waals surface area contributed by atoms with E-state index < -0.39 is 26.6 Å². The lowest BCUT2D eigenvalue weighted by molar-refractivity contribution is 0.0943. The number of likely N-dealkylation sites (tertiary alicyclic amines) is 1. The second-order valence-electron chi connectivity index (χ2n) is 9.33. The first-order chi connectivity index (χ1) is 17.9. The molecule has 1 saturated carbocycles. The number of rotatable bonds is 7. The van der Waals surface area contributed by atoms with Gasteiger partial charge in [0.25, 0.3) is 10.0 Å². The number of piperidine rings is 1. The summed E-state index contributed by atoms with van der Waals surface area (Å²) < 4.78 is 61.2. The van der Waals surface area contributed by atoms with Crippen LogP contribution in [0.15, 0.2) is 53.6 Å². The van der Waals surface area contributed by atoms with Crippen molar-refractivity contribution < 1.29 is 21.9 Å². The topological polar surface area (TPSA) is 113 Å². The van der Waals surface area contributed by atoms with Crippen LogP contribution in [0.1, 0.15) is 25.7 Å². The summed E-state index contributed by atoms with van der Waals surface area (Å²) in [6.07, 6.45) is 6.12. The SMILES string of the molecule is O=S(=O)(Nc1ccc(-c2nc(OC3CCN(C4CC4)CC3)c3cn[nH]c3n2)cc1)c1cc(F)ccc1F. The van der Waals surface area contributed by atoms with Crippen LogP contribution < -0.4 is 9.46 Å². The number of H-pyrrole nitrogens is 1. The summed E-state index contributed by atoms with van der Waals surface area (Å²) in [5.41, 5.74) is 1.32. The smallest absolute Gasteiger partial charge is 0.264 e. The summed E-state index contributed by atoms with van der Waals surface area (Å²) in [6, 6.07) is 9.27. The Bertz CT molecular complexity index is 1550. The Hall–Kier alpha value is -3.64. The van der Waals surface area contributed by atoms with Crippen LogP contribution in [0.4, 0.5) is 14.5 Å². The van der Waals surface area contributed by atoms with Gasteiger partial charge >= 0.3 is 0 Å². The van der Waals surface area contributed by atoms with Crippen molar-refractivity contribution >= 4 is 26.7 Å². The minimum absolute atomic E-state index is 0.0517. The maximum absolute atomic E-state index is 14.0. The van der Waals surface area contributed by atoms with Gasteiger partial charge in [0.2, 0.25) is 5.88 Å². The molecule has 2 N–H and O–H groups in total. The molecule has 1 aliphatic carbocycles. The zero-order valence-corrected chi connectivity index (χ0v) is 20.5. The Balaban J connectivity index is 1.21.